The minimum atomic E-state index is -3.52. The number of para-hydroxylation sites is 1. The van der Waals surface area contributed by atoms with Crippen LogP contribution in [-0.2, 0) is 16.4 Å². The van der Waals surface area contributed by atoms with E-state index in [4.69, 9.17) is 9.72 Å². The third-order valence-corrected chi connectivity index (χ3v) is 8.48. The number of carbonyl (C=O) groups excluding carboxylic acids is 1. The Morgan fingerprint density at radius 3 is 2.68 bits per heavy atom. The van der Waals surface area contributed by atoms with Crippen molar-refractivity contribution in [2.75, 3.05) is 18.1 Å². The summed E-state index contributed by atoms with van der Waals surface area (Å²) in [4.78, 5) is 20.1. The average Bonchev–Trinajstić information content (AvgIpc) is 3.50. The molecule has 0 fully saturated rings. The first-order valence-corrected chi connectivity index (χ1v) is 13.3. The van der Waals surface area contributed by atoms with Crippen LogP contribution in [0.3, 0.4) is 0 Å². The fourth-order valence-electron chi connectivity index (χ4n) is 3.45. The van der Waals surface area contributed by atoms with Gasteiger partial charge in [-0.3, -0.25) is 14.4 Å². The van der Waals surface area contributed by atoms with Gasteiger partial charge in [0.2, 0.25) is 0 Å². The number of benzene rings is 2. The molecule has 1 amide bonds. The second kappa shape index (κ2) is 9.94. The number of nitrogens with zero attached hydrogens (tertiary/aromatic N) is 4. The van der Waals surface area contributed by atoms with Crippen LogP contribution in [-0.4, -0.2) is 47.5 Å². The van der Waals surface area contributed by atoms with E-state index >= 15 is 0 Å². The van der Waals surface area contributed by atoms with E-state index in [0.717, 1.165) is 4.70 Å². The van der Waals surface area contributed by atoms with Crippen LogP contribution >= 0.6 is 11.3 Å². The van der Waals surface area contributed by atoms with Crippen LogP contribution in [0, 0.1) is 0 Å². The second-order valence-corrected chi connectivity index (χ2v) is 11.4. The van der Waals surface area contributed by atoms with Crippen LogP contribution in [0.25, 0.3) is 10.2 Å². The topological polar surface area (TPSA) is 94.4 Å². The van der Waals surface area contributed by atoms with Gasteiger partial charge < -0.3 is 4.74 Å². The van der Waals surface area contributed by atoms with Gasteiger partial charge >= 0.3 is 0 Å². The summed E-state index contributed by atoms with van der Waals surface area (Å²) in [6.07, 6.45) is 3.50. The Morgan fingerprint density at radius 1 is 1.18 bits per heavy atom. The van der Waals surface area contributed by atoms with Gasteiger partial charge in [0, 0.05) is 24.5 Å². The van der Waals surface area contributed by atoms with Crippen LogP contribution in [0.4, 0.5) is 5.13 Å². The molecule has 4 aromatic rings. The smallest absolute Gasteiger partial charge is 0.260 e. The molecule has 0 saturated heterocycles. The standard InChI is InChI=1S/C24H26N4O4S2/c1-4-32-20-10-6-11-21-22(20)26-24(33-21)28(15-14-27-13-7-12-25-27)23(29)18-8-5-9-19(16-18)34(30,31)17(2)3/h5-13,16-17H,4,14-15H2,1-3H3. The summed E-state index contributed by atoms with van der Waals surface area (Å²) < 4.78 is 33.7. The molecule has 0 N–H and O–H groups in total. The highest BCUT2D eigenvalue weighted by atomic mass is 32.2. The van der Waals surface area contributed by atoms with Crippen molar-refractivity contribution in [3.63, 3.8) is 0 Å². The number of anilines is 1. The predicted octanol–water partition coefficient (Wildman–Crippen LogP) is 4.42. The van der Waals surface area contributed by atoms with Crippen LogP contribution in [0.5, 0.6) is 5.75 Å². The number of thiazole rings is 1. The number of ether oxygens (including phenoxy) is 1. The van der Waals surface area contributed by atoms with Crippen molar-refractivity contribution in [3.8, 4) is 5.75 Å². The normalized spacial score (nSPS) is 11.8. The summed E-state index contributed by atoms with van der Waals surface area (Å²) >= 11 is 1.39. The van der Waals surface area contributed by atoms with E-state index in [-0.39, 0.29) is 16.4 Å². The Bertz CT molecular complexity index is 1400. The SMILES string of the molecule is CCOc1cccc2sc(N(CCn3cccn3)C(=O)c3cccc(S(=O)(=O)C(C)C)c3)nc12. The van der Waals surface area contributed by atoms with Crippen molar-refractivity contribution in [1.29, 1.82) is 0 Å². The summed E-state index contributed by atoms with van der Waals surface area (Å²) in [7, 11) is -3.52. The van der Waals surface area contributed by atoms with E-state index in [9.17, 15) is 13.2 Å². The second-order valence-electron chi connectivity index (χ2n) is 7.88. The lowest BCUT2D eigenvalue weighted by molar-refractivity contribution is 0.0985. The summed E-state index contributed by atoms with van der Waals surface area (Å²) in [5.74, 6) is 0.331. The van der Waals surface area contributed by atoms with E-state index in [1.54, 1.807) is 41.8 Å². The number of fused-ring (bicyclic) bond motifs is 1. The van der Waals surface area contributed by atoms with E-state index in [1.807, 2.05) is 37.4 Å². The molecule has 0 unspecified atom stereocenters. The Kier molecular flexibility index (Phi) is 6.99. The number of aromatic nitrogens is 3. The summed E-state index contributed by atoms with van der Waals surface area (Å²) in [5, 5.41) is 4.15. The lowest BCUT2D eigenvalue weighted by atomic mass is 10.2. The van der Waals surface area contributed by atoms with Gasteiger partial charge in [-0.05, 0) is 57.2 Å². The molecule has 34 heavy (non-hydrogen) atoms. The van der Waals surface area contributed by atoms with Crippen LogP contribution < -0.4 is 9.64 Å². The van der Waals surface area contributed by atoms with Crippen LogP contribution in [0.1, 0.15) is 31.1 Å². The van der Waals surface area contributed by atoms with E-state index < -0.39 is 15.1 Å². The maximum atomic E-state index is 13.7. The Balaban J connectivity index is 1.74. The number of hydrogen-bond acceptors (Lipinski definition) is 7. The molecule has 0 aliphatic rings. The van der Waals surface area contributed by atoms with Gasteiger partial charge in [-0.1, -0.05) is 23.5 Å². The Labute approximate surface area is 202 Å². The fourth-order valence-corrected chi connectivity index (χ4v) is 5.56. The van der Waals surface area contributed by atoms with Gasteiger partial charge in [0.15, 0.2) is 15.0 Å². The molecule has 2 aromatic carbocycles. The highest BCUT2D eigenvalue weighted by Crippen LogP contribution is 2.35. The van der Waals surface area contributed by atoms with E-state index in [2.05, 4.69) is 5.10 Å². The monoisotopic (exact) mass is 498 g/mol. The third kappa shape index (κ3) is 4.83. The minimum absolute atomic E-state index is 0.128. The number of rotatable bonds is 9. The maximum absolute atomic E-state index is 13.7. The number of carbonyl (C=O) groups is 1. The van der Waals surface area contributed by atoms with Crippen molar-refractivity contribution < 1.29 is 17.9 Å². The molecule has 2 aromatic heterocycles. The molecule has 0 aliphatic heterocycles. The molecule has 0 aliphatic carbocycles. The van der Waals surface area contributed by atoms with Crippen molar-refractivity contribution >= 4 is 42.4 Å². The molecule has 178 valence electrons. The molecule has 2 heterocycles. The third-order valence-electron chi connectivity index (χ3n) is 5.29. The Hall–Kier alpha value is -3.24. The van der Waals surface area contributed by atoms with Gasteiger partial charge in [0.05, 0.1) is 28.0 Å². The lowest BCUT2D eigenvalue weighted by Crippen LogP contribution is -2.34. The number of amides is 1. The molecule has 0 radical (unpaired) electrons. The fraction of sp³-hybridized carbons (Fsp3) is 0.292. The molecule has 0 bridgehead atoms. The Morgan fingerprint density at radius 2 is 1.97 bits per heavy atom. The summed E-state index contributed by atoms with van der Waals surface area (Å²) in [6.45, 7) is 6.42. The summed E-state index contributed by atoms with van der Waals surface area (Å²) in [6, 6.07) is 13.7. The van der Waals surface area contributed by atoms with Crippen molar-refractivity contribution in [2.24, 2.45) is 0 Å². The molecule has 10 heteroatoms. The van der Waals surface area contributed by atoms with E-state index in [0.29, 0.717) is 36.1 Å². The summed E-state index contributed by atoms with van der Waals surface area (Å²) in [5.41, 5.74) is 0.976. The first kappa shape index (κ1) is 23.9. The molecule has 4 rings (SSSR count). The zero-order valence-electron chi connectivity index (χ0n) is 19.2. The van der Waals surface area contributed by atoms with Crippen molar-refractivity contribution in [1.82, 2.24) is 14.8 Å². The average molecular weight is 499 g/mol. The largest absolute Gasteiger partial charge is 0.492 e. The minimum Gasteiger partial charge on any atom is -0.492 e. The van der Waals surface area contributed by atoms with Crippen molar-refractivity contribution in [2.45, 2.75) is 37.5 Å². The zero-order valence-corrected chi connectivity index (χ0v) is 20.8. The van der Waals surface area contributed by atoms with Gasteiger partial charge in [-0.25, -0.2) is 13.4 Å². The molecular weight excluding hydrogens is 472 g/mol. The lowest BCUT2D eigenvalue weighted by Gasteiger charge is -2.20. The molecule has 0 atom stereocenters. The maximum Gasteiger partial charge on any atom is 0.260 e. The predicted molar refractivity (Wildman–Crippen MR) is 133 cm³/mol. The first-order chi connectivity index (χ1) is 16.3. The quantitative estimate of drug-likeness (QED) is 0.339. The van der Waals surface area contributed by atoms with Crippen molar-refractivity contribution in [3.05, 3.63) is 66.5 Å². The zero-order chi connectivity index (χ0) is 24.3. The highest BCUT2D eigenvalue weighted by molar-refractivity contribution is 7.92. The molecule has 0 spiro atoms. The van der Waals surface area contributed by atoms with Gasteiger partial charge in [0.1, 0.15) is 11.3 Å². The molecular formula is C24H26N4O4S2. The first-order valence-electron chi connectivity index (χ1n) is 11.0. The van der Waals surface area contributed by atoms with Crippen LogP contribution in [0.15, 0.2) is 65.8 Å². The van der Waals surface area contributed by atoms with E-state index in [1.165, 1.54) is 23.5 Å². The molecule has 8 nitrogen and oxygen atoms in total. The van der Waals surface area contributed by atoms with Gasteiger partial charge in [-0.2, -0.15) is 5.10 Å². The molecule has 0 saturated carbocycles. The van der Waals surface area contributed by atoms with Gasteiger partial charge in [-0.15, -0.1) is 0 Å². The van der Waals surface area contributed by atoms with Gasteiger partial charge in [0.25, 0.3) is 5.91 Å². The number of hydrogen-bond donors (Lipinski definition) is 0. The highest BCUT2D eigenvalue weighted by Gasteiger charge is 2.25. The number of sulfone groups is 1. The van der Waals surface area contributed by atoms with Crippen LogP contribution in [0.2, 0.25) is 0 Å².